The molecule has 1 aromatic rings. The molecule has 0 saturated heterocycles. The van der Waals surface area contributed by atoms with Crippen molar-refractivity contribution in [3.05, 3.63) is 39.9 Å². The first kappa shape index (κ1) is 18.0. The van der Waals surface area contributed by atoms with E-state index in [2.05, 4.69) is 10.2 Å². The van der Waals surface area contributed by atoms with Crippen LogP contribution in [0.1, 0.15) is 24.2 Å². The summed E-state index contributed by atoms with van der Waals surface area (Å²) in [6, 6.07) is 2.89. The number of hydrogen-bond acceptors (Lipinski definition) is 7. The van der Waals surface area contributed by atoms with Crippen molar-refractivity contribution >= 4 is 23.5 Å². The minimum atomic E-state index is -0.960. The second kappa shape index (κ2) is 7.84. The van der Waals surface area contributed by atoms with E-state index in [0.717, 1.165) is 12.1 Å². The van der Waals surface area contributed by atoms with Crippen LogP contribution in [0.2, 0.25) is 0 Å². The Labute approximate surface area is 131 Å². The summed E-state index contributed by atoms with van der Waals surface area (Å²) in [6.07, 6.45) is 0. The number of carbonyl (C=O) groups excluding carboxylic acids is 3. The number of hydroxylamine groups is 1. The topological polar surface area (TPSA) is 154 Å². The predicted octanol–water partition coefficient (Wildman–Crippen LogP) is -0.365. The zero-order chi connectivity index (χ0) is 17.6. The number of carbonyl (C=O) groups is 3. The van der Waals surface area contributed by atoms with E-state index in [-0.39, 0.29) is 11.3 Å². The van der Waals surface area contributed by atoms with E-state index < -0.39 is 34.8 Å². The number of hydrogen-bond donors (Lipinski definition) is 3. The highest BCUT2D eigenvalue weighted by Gasteiger charge is 2.19. The Morgan fingerprint density at radius 3 is 2.22 bits per heavy atom. The highest BCUT2D eigenvalue weighted by molar-refractivity contribution is 5.92. The van der Waals surface area contributed by atoms with Gasteiger partial charge in [0.05, 0.1) is 16.5 Å². The first-order valence-electron chi connectivity index (χ1n) is 6.53. The summed E-state index contributed by atoms with van der Waals surface area (Å²) in [5, 5.41) is 12.8. The fraction of sp³-hybridized carbons (Fsp3) is 0.308. The smallest absolute Gasteiger partial charge is 0.343 e. The quantitative estimate of drug-likeness (QED) is 0.493. The number of nitro benzene ring substituents is 1. The van der Waals surface area contributed by atoms with Crippen LogP contribution in [0.4, 0.5) is 5.69 Å². The van der Waals surface area contributed by atoms with Crippen molar-refractivity contribution in [2.75, 3.05) is 0 Å². The molecule has 1 aromatic carbocycles. The summed E-state index contributed by atoms with van der Waals surface area (Å²) in [5.74, 6) is -2.19. The second-order valence-corrected chi connectivity index (χ2v) is 4.68. The van der Waals surface area contributed by atoms with Gasteiger partial charge in [0.1, 0.15) is 6.04 Å². The lowest BCUT2D eigenvalue weighted by molar-refractivity contribution is -0.384. The van der Waals surface area contributed by atoms with Crippen LogP contribution in [0.25, 0.3) is 0 Å². The Morgan fingerprint density at radius 1 is 1.17 bits per heavy atom. The van der Waals surface area contributed by atoms with Crippen LogP contribution in [0, 0.1) is 10.1 Å². The van der Waals surface area contributed by atoms with Gasteiger partial charge in [-0.15, -0.1) is 0 Å². The predicted molar refractivity (Wildman–Crippen MR) is 77.9 cm³/mol. The number of nitro groups is 1. The molecule has 2 amide bonds. The number of rotatable bonds is 5. The molecule has 124 valence electrons. The lowest BCUT2D eigenvalue weighted by Crippen LogP contribution is -2.49. The minimum absolute atomic E-state index is 0.0168. The molecule has 0 aliphatic rings. The molecule has 10 heteroatoms. The fourth-order valence-electron chi connectivity index (χ4n) is 1.37. The first-order chi connectivity index (χ1) is 10.7. The van der Waals surface area contributed by atoms with E-state index in [1.165, 1.54) is 26.0 Å². The Hall–Kier alpha value is -3.01. The van der Waals surface area contributed by atoms with Crippen LogP contribution in [0.3, 0.4) is 0 Å². The van der Waals surface area contributed by atoms with Gasteiger partial charge >= 0.3 is 5.97 Å². The Balaban J connectivity index is 2.53. The van der Waals surface area contributed by atoms with Gasteiger partial charge in [-0.05, 0) is 26.0 Å². The van der Waals surface area contributed by atoms with Crippen molar-refractivity contribution in [2.45, 2.75) is 25.9 Å². The Kier molecular flexibility index (Phi) is 6.15. The molecule has 1 rings (SSSR count). The average molecular weight is 324 g/mol. The molecule has 0 aliphatic heterocycles. The molecule has 23 heavy (non-hydrogen) atoms. The second-order valence-electron chi connectivity index (χ2n) is 4.68. The standard InChI is InChI=1S/C13H16N4O6/c1-7(14)11(18)15-8(2)12(19)16-23-13(20)9-3-5-10(6-4-9)17(21)22/h3-8H,14H2,1-2H3,(H,15,18)(H,16,19)/t7-,8-/m0/s1. The number of nitrogens with two attached hydrogens (primary N) is 1. The molecule has 10 nitrogen and oxygen atoms in total. The average Bonchev–Trinajstić information content (AvgIpc) is 2.51. The van der Waals surface area contributed by atoms with E-state index >= 15 is 0 Å². The summed E-state index contributed by atoms with van der Waals surface area (Å²) in [7, 11) is 0. The van der Waals surface area contributed by atoms with E-state index in [1.54, 1.807) is 0 Å². The molecule has 2 atom stereocenters. The highest BCUT2D eigenvalue weighted by atomic mass is 16.7. The van der Waals surface area contributed by atoms with Crippen molar-refractivity contribution in [3.63, 3.8) is 0 Å². The number of benzene rings is 1. The fourth-order valence-corrected chi connectivity index (χ4v) is 1.37. The molecule has 0 radical (unpaired) electrons. The number of nitrogens with zero attached hydrogens (tertiary/aromatic N) is 1. The van der Waals surface area contributed by atoms with E-state index in [0.29, 0.717) is 0 Å². The van der Waals surface area contributed by atoms with Crippen LogP contribution in [-0.2, 0) is 14.4 Å². The van der Waals surface area contributed by atoms with Gasteiger partial charge in [-0.3, -0.25) is 19.7 Å². The minimum Gasteiger partial charge on any atom is -0.343 e. The summed E-state index contributed by atoms with van der Waals surface area (Å²) in [5.41, 5.74) is 7.06. The van der Waals surface area contributed by atoms with Gasteiger partial charge in [0.15, 0.2) is 0 Å². The Morgan fingerprint density at radius 2 is 1.74 bits per heavy atom. The van der Waals surface area contributed by atoms with Gasteiger partial charge in [0, 0.05) is 12.1 Å². The molecular weight excluding hydrogens is 308 g/mol. The molecule has 0 bridgehead atoms. The van der Waals surface area contributed by atoms with Gasteiger partial charge in [-0.1, -0.05) is 0 Å². The van der Waals surface area contributed by atoms with Crippen LogP contribution < -0.4 is 16.5 Å². The maximum Gasteiger partial charge on any atom is 0.362 e. The van der Waals surface area contributed by atoms with Crippen LogP contribution >= 0.6 is 0 Å². The van der Waals surface area contributed by atoms with Crippen LogP contribution in [-0.4, -0.2) is 34.8 Å². The van der Waals surface area contributed by atoms with Crippen LogP contribution in [0.5, 0.6) is 0 Å². The lowest BCUT2D eigenvalue weighted by atomic mass is 10.2. The largest absolute Gasteiger partial charge is 0.362 e. The molecule has 4 N–H and O–H groups in total. The van der Waals surface area contributed by atoms with Gasteiger partial charge in [0.25, 0.3) is 11.6 Å². The van der Waals surface area contributed by atoms with E-state index in [1.807, 2.05) is 5.48 Å². The number of non-ortho nitro benzene ring substituents is 1. The summed E-state index contributed by atoms with van der Waals surface area (Å²) < 4.78 is 0. The van der Waals surface area contributed by atoms with Crippen molar-refractivity contribution in [2.24, 2.45) is 5.73 Å². The molecule has 0 aromatic heterocycles. The molecule has 0 fully saturated rings. The maximum atomic E-state index is 11.7. The molecule has 0 saturated carbocycles. The third kappa shape index (κ3) is 5.36. The third-order valence-electron chi connectivity index (χ3n) is 2.72. The Bertz CT molecular complexity index is 613. The summed E-state index contributed by atoms with van der Waals surface area (Å²) in [6.45, 7) is 2.84. The van der Waals surface area contributed by atoms with Gasteiger partial charge in [-0.25, -0.2) is 4.79 Å². The van der Waals surface area contributed by atoms with Gasteiger partial charge < -0.3 is 15.9 Å². The molecule has 0 heterocycles. The zero-order valence-electron chi connectivity index (χ0n) is 12.4. The lowest BCUT2D eigenvalue weighted by Gasteiger charge is -2.14. The summed E-state index contributed by atoms with van der Waals surface area (Å²) in [4.78, 5) is 49.1. The van der Waals surface area contributed by atoms with Crippen molar-refractivity contribution < 1.29 is 24.1 Å². The number of nitrogens with one attached hydrogen (secondary N) is 2. The normalized spacial score (nSPS) is 12.7. The summed E-state index contributed by atoms with van der Waals surface area (Å²) >= 11 is 0. The van der Waals surface area contributed by atoms with Crippen molar-refractivity contribution in [1.29, 1.82) is 0 Å². The SMILES string of the molecule is C[C@H](N)C(=O)N[C@@H](C)C(=O)NOC(=O)c1ccc([N+](=O)[O-])cc1. The van der Waals surface area contributed by atoms with E-state index in [4.69, 9.17) is 5.73 Å². The molecule has 0 unspecified atom stereocenters. The molecule has 0 spiro atoms. The molecular formula is C13H16N4O6. The number of amides is 2. The maximum absolute atomic E-state index is 11.7. The van der Waals surface area contributed by atoms with Gasteiger partial charge in [0.2, 0.25) is 5.91 Å². The van der Waals surface area contributed by atoms with Gasteiger partial charge in [-0.2, -0.15) is 5.48 Å². The van der Waals surface area contributed by atoms with Crippen molar-refractivity contribution in [3.8, 4) is 0 Å². The monoisotopic (exact) mass is 324 g/mol. The van der Waals surface area contributed by atoms with Crippen molar-refractivity contribution in [1.82, 2.24) is 10.8 Å². The molecule has 0 aliphatic carbocycles. The van der Waals surface area contributed by atoms with E-state index in [9.17, 15) is 24.5 Å². The van der Waals surface area contributed by atoms with Crippen LogP contribution in [0.15, 0.2) is 24.3 Å². The zero-order valence-corrected chi connectivity index (χ0v) is 12.4. The first-order valence-corrected chi connectivity index (χ1v) is 6.53. The third-order valence-corrected chi connectivity index (χ3v) is 2.72. The highest BCUT2D eigenvalue weighted by Crippen LogP contribution is 2.12.